The second-order valence-corrected chi connectivity index (χ2v) is 13.4. The summed E-state index contributed by atoms with van der Waals surface area (Å²) in [6.45, 7) is -0.597. The number of benzene rings is 3. The topological polar surface area (TPSA) is 108 Å². The lowest BCUT2D eigenvalue weighted by molar-refractivity contribution is -0.353. The maximum Gasteiger partial charge on any atom is 0.400 e. The van der Waals surface area contributed by atoms with Crippen LogP contribution in [0.25, 0.3) is 0 Å². The summed E-state index contributed by atoms with van der Waals surface area (Å²) in [4.78, 5) is 0. The quantitative estimate of drug-likeness (QED) is 0.241. The molecule has 2 heterocycles. The van der Waals surface area contributed by atoms with Crippen LogP contribution in [0.15, 0.2) is 84.9 Å². The number of hydrogen-bond donors (Lipinski definition) is 0. The standard InChI is InChI=1S/C29H29Cl3O10S/c1-35-21-12-14-22(15-13-21)39-28-26(42-43(33,34)38-18-29(30,31)32)25(36-16-19-8-4-2-5-9-19)24-23(40-28)17-37-27(41-24)20-10-6-3-7-11-20/h2-15,23-28H,16-18H2,1H3/t23-,24-,25+,26-,27?,28-/m1/s1. The summed E-state index contributed by atoms with van der Waals surface area (Å²) in [6.07, 6.45) is -6.13. The third-order valence-corrected chi connectivity index (χ3v) is 7.74. The van der Waals surface area contributed by atoms with Crippen LogP contribution in [0.4, 0.5) is 0 Å². The lowest BCUT2D eigenvalue weighted by Crippen LogP contribution is -2.64. The first-order chi connectivity index (χ1) is 20.6. The van der Waals surface area contributed by atoms with Crippen molar-refractivity contribution in [1.82, 2.24) is 0 Å². The molecule has 1 unspecified atom stereocenters. The van der Waals surface area contributed by atoms with Gasteiger partial charge in [-0.1, -0.05) is 95.5 Å². The van der Waals surface area contributed by atoms with E-state index in [1.54, 1.807) is 24.3 Å². The Hall–Kier alpha value is -2.16. The van der Waals surface area contributed by atoms with Crippen LogP contribution in [0.2, 0.25) is 0 Å². The van der Waals surface area contributed by atoms with Gasteiger partial charge in [-0.15, -0.1) is 0 Å². The molecule has 232 valence electrons. The second-order valence-electron chi connectivity index (χ2n) is 9.62. The van der Waals surface area contributed by atoms with Gasteiger partial charge in [0.05, 0.1) is 20.3 Å². The monoisotopic (exact) mass is 674 g/mol. The Balaban J connectivity index is 1.47. The zero-order valence-electron chi connectivity index (χ0n) is 22.8. The number of alkyl halides is 3. The Kier molecular flexibility index (Phi) is 10.7. The van der Waals surface area contributed by atoms with E-state index in [0.717, 1.165) is 11.1 Å². The van der Waals surface area contributed by atoms with Crippen molar-refractivity contribution in [3.05, 3.63) is 96.1 Å². The zero-order valence-corrected chi connectivity index (χ0v) is 25.9. The van der Waals surface area contributed by atoms with Gasteiger partial charge in [0.25, 0.3) is 0 Å². The van der Waals surface area contributed by atoms with Gasteiger partial charge in [0, 0.05) is 5.56 Å². The first-order valence-corrected chi connectivity index (χ1v) is 15.6. The molecule has 0 spiro atoms. The Bertz CT molecular complexity index is 1410. The normalized spacial score (nSPS) is 26.0. The van der Waals surface area contributed by atoms with E-state index in [2.05, 4.69) is 0 Å². The molecule has 10 nitrogen and oxygen atoms in total. The summed E-state index contributed by atoms with van der Waals surface area (Å²) < 4.78 is 70.7. The van der Waals surface area contributed by atoms with Crippen molar-refractivity contribution in [3.8, 4) is 11.5 Å². The molecule has 6 atom stereocenters. The van der Waals surface area contributed by atoms with Gasteiger partial charge in [-0.2, -0.15) is 8.42 Å². The van der Waals surface area contributed by atoms with E-state index in [1.807, 2.05) is 60.7 Å². The number of rotatable bonds is 11. The van der Waals surface area contributed by atoms with Gasteiger partial charge in [0.15, 0.2) is 12.4 Å². The molecule has 0 saturated carbocycles. The van der Waals surface area contributed by atoms with Crippen molar-refractivity contribution < 1.29 is 45.2 Å². The molecule has 2 saturated heterocycles. The molecule has 0 N–H and O–H groups in total. The van der Waals surface area contributed by atoms with Crippen molar-refractivity contribution in [1.29, 1.82) is 0 Å². The number of ether oxygens (including phenoxy) is 6. The first kappa shape index (κ1) is 32.2. The highest BCUT2D eigenvalue weighted by Gasteiger charge is 2.54. The minimum Gasteiger partial charge on any atom is -0.497 e. The predicted molar refractivity (Wildman–Crippen MR) is 157 cm³/mol. The molecule has 0 radical (unpaired) electrons. The molecular weight excluding hydrogens is 647 g/mol. The van der Waals surface area contributed by atoms with Gasteiger partial charge >= 0.3 is 10.4 Å². The summed E-state index contributed by atoms with van der Waals surface area (Å²) >= 11 is 17.2. The molecule has 0 amide bonds. The maximum atomic E-state index is 13.0. The highest BCUT2D eigenvalue weighted by Crippen LogP contribution is 2.38. The lowest BCUT2D eigenvalue weighted by atomic mass is 9.97. The molecule has 2 fully saturated rings. The summed E-state index contributed by atoms with van der Waals surface area (Å²) in [5, 5.41) is 0. The fourth-order valence-corrected chi connectivity index (χ4v) is 5.78. The molecule has 0 aliphatic carbocycles. The van der Waals surface area contributed by atoms with Gasteiger partial charge in [-0.3, -0.25) is 0 Å². The van der Waals surface area contributed by atoms with Crippen LogP contribution in [0, 0.1) is 0 Å². The van der Waals surface area contributed by atoms with E-state index in [-0.39, 0.29) is 13.2 Å². The number of hydrogen-bond acceptors (Lipinski definition) is 10. The largest absolute Gasteiger partial charge is 0.497 e. The van der Waals surface area contributed by atoms with Gasteiger partial charge < -0.3 is 28.4 Å². The van der Waals surface area contributed by atoms with Crippen LogP contribution >= 0.6 is 34.8 Å². The second kappa shape index (κ2) is 14.3. The number of halogens is 3. The lowest BCUT2D eigenvalue weighted by Gasteiger charge is -2.48. The van der Waals surface area contributed by atoms with Crippen molar-refractivity contribution in [2.75, 3.05) is 20.3 Å². The van der Waals surface area contributed by atoms with Crippen molar-refractivity contribution in [2.24, 2.45) is 0 Å². The van der Waals surface area contributed by atoms with E-state index in [0.29, 0.717) is 11.5 Å². The molecule has 2 aliphatic heterocycles. The van der Waals surface area contributed by atoms with E-state index in [9.17, 15) is 8.42 Å². The number of fused-ring (bicyclic) bond motifs is 1. The predicted octanol–water partition coefficient (Wildman–Crippen LogP) is 5.52. The minimum atomic E-state index is -4.77. The minimum absolute atomic E-state index is 0.0963. The SMILES string of the molecule is COc1ccc(O[C@@H]2O[C@@H]3COC(c4ccccc4)O[C@H]3[C@H](OCc3ccccc3)[C@H]2OS(=O)(=O)OCC(Cl)(Cl)Cl)cc1. The third kappa shape index (κ3) is 8.95. The maximum absolute atomic E-state index is 13.0. The van der Waals surface area contributed by atoms with Crippen LogP contribution in [0.5, 0.6) is 11.5 Å². The first-order valence-electron chi connectivity index (χ1n) is 13.2. The van der Waals surface area contributed by atoms with Crippen LogP contribution in [-0.4, -0.2) is 63.2 Å². The summed E-state index contributed by atoms with van der Waals surface area (Å²) in [7, 11) is -3.24. The Morgan fingerprint density at radius 2 is 1.51 bits per heavy atom. The molecule has 3 aromatic carbocycles. The molecular formula is C29H29Cl3O10S. The molecule has 0 aromatic heterocycles. The van der Waals surface area contributed by atoms with Crippen molar-refractivity contribution in [2.45, 2.75) is 47.4 Å². The zero-order chi connectivity index (χ0) is 30.5. The molecule has 43 heavy (non-hydrogen) atoms. The van der Waals surface area contributed by atoms with Gasteiger partial charge in [-0.05, 0) is 29.8 Å². The van der Waals surface area contributed by atoms with Gasteiger partial charge in [-0.25, -0.2) is 8.37 Å². The van der Waals surface area contributed by atoms with Crippen LogP contribution < -0.4 is 9.47 Å². The molecule has 5 rings (SSSR count). The van der Waals surface area contributed by atoms with E-state index in [4.69, 9.17) is 71.6 Å². The fraction of sp³-hybridized carbons (Fsp3) is 0.379. The average Bonchev–Trinajstić information content (AvgIpc) is 3.00. The number of methoxy groups -OCH3 is 1. The van der Waals surface area contributed by atoms with Crippen LogP contribution in [0.1, 0.15) is 17.4 Å². The highest BCUT2D eigenvalue weighted by atomic mass is 35.6. The average molecular weight is 676 g/mol. The fourth-order valence-electron chi connectivity index (χ4n) is 4.57. The van der Waals surface area contributed by atoms with Crippen LogP contribution in [-0.2, 0) is 44.3 Å². The third-order valence-electron chi connectivity index (χ3n) is 6.55. The Morgan fingerprint density at radius 1 is 0.860 bits per heavy atom. The van der Waals surface area contributed by atoms with Gasteiger partial charge in [0.1, 0.15) is 36.4 Å². The molecule has 14 heteroatoms. The highest BCUT2D eigenvalue weighted by molar-refractivity contribution is 7.81. The summed E-state index contributed by atoms with van der Waals surface area (Å²) in [5.41, 5.74) is 1.59. The smallest absolute Gasteiger partial charge is 0.400 e. The Morgan fingerprint density at radius 3 is 2.16 bits per heavy atom. The van der Waals surface area contributed by atoms with E-state index < -0.39 is 57.8 Å². The molecule has 2 aliphatic rings. The van der Waals surface area contributed by atoms with Gasteiger partial charge in [0.2, 0.25) is 10.1 Å². The molecule has 0 bridgehead atoms. The van der Waals surface area contributed by atoms with Crippen molar-refractivity contribution in [3.63, 3.8) is 0 Å². The summed E-state index contributed by atoms with van der Waals surface area (Å²) in [6, 6.07) is 25.3. The van der Waals surface area contributed by atoms with Crippen LogP contribution in [0.3, 0.4) is 0 Å². The van der Waals surface area contributed by atoms with E-state index >= 15 is 0 Å². The Labute approximate surface area is 264 Å². The summed E-state index contributed by atoms with van der Waals surface area (Å²) in [5.74, 6) is 0.941. The van der Waals surface area contributed by atoms with E-state index in [1.165, 1.54) is 7.11 Å². The van der Waals surface area contributed by atoms with Crippen molar-refractivity contribution >= 4 is 45.2 Å². The molecule has 3 aromatic rings.